The highest BCUT2D eigenvalue weighted by Crippen LogP contribution is 2.29. The van der Waals surface area contributed by atoms with Gasteiger partial charge < -0.3 is 9.64 Å². The van der Waals surface area contributed by atoms with Crippen LogP contribution in [-0.4, -0.2) is 53.4 Å². The average molecular weight is 442 g/mol. The van der Waals surface area contributed by atoms with E-state index in [2.05, 4.69) is 20.9 Å². The Kier molecular flexibility index (Phi) is 7.25. The predicted octanol–water partition coefficient (Wildman–Crippen LogP) is 3.01. The number of halogens is 1. The molecule has 1 aromatic heterocycles. The average Bonchev–Trinajstić information content (AvgIpc) is 2.58. The fourth-order valence-electron chi connectivity index (χ4n) is 2.48. The molecule has 2 aromatic rings. The Morgan fingerprint density at radius 1 is 1.38 bits per heavy atom. The fourth-order valence-corrected chi connectivity index (χ4v) is 4.11. The predicted molar refractivity (Wildman–Crippen MR) is 109 cm³/mol. The molecule has 0 bridgehead atoms. The van der Waals surface area contributed by atoms with Gasteiger partial charge in [-0.05, 0) is 24.1 Å². The lowest BCUT2D eigenvalue weighted by Crippen LogP contribution is -2.36. The number of fused-ring (bicyclic) bond motifs is 1. The van der Waals surface area contributed by atoms with Crippen LogP contribution in [0.4, 0.5) is 0 Å². The number of amides is 1. The van der Waals surface area contributed by atoms with Crippen LogP contribution in [-0.2, 0) is 16.1 Å². The van der Waals surface area contributed by atoms with E-state index in [1.807, 2.05) is 26.0 Å². The SMILES string of the molecule is COCCn1c(SC(C(=O)N(C)C)C(C)C)nc2ccc(Br)cc2c1=O. The number of ether oxygens (including phenoxy) is 1. The minimum absolute atomic E-state index is 0.00782. The van der Waals surface area contributed by atoms with Gasteiger partial charge in [0, 0.05) is 25.7 Å². The third kappa shape index (κ3) is 4.66. The van der Waals surface area contributed by atoms with Crippen LogP contribution < -0.4 is 5.56 Å². The molecule has 0 N–H and O–H groups in total. The highest BCUT2D eigenvalue weighted by Gasteiger charge is 2.27. The maximum atomic E-state index is 13.0. The topological polar surface area (TPSA) is 64.4 Å². The number of aromatic nitrogens is 2. The monoisotopic (exact) mass is 441 g/mol. The van der Waals surface area contributed by atoms with Gasteiger partial charge in [-0.3, -0.25) is 14.2 Å². The van der Waals surface area contributed by atoms with Crippen LogP contribution in [0.1, 0.15) is 13.8 Å². The van der Waals surface area contributed by atoms with Crippen molar-refractivity contribution in [3.05, 3.63) is 33.0 Å². The third-order valence-electron chi connectivity index (χ3n) is 3.92. The van der Waals surface area contributed by atoms with Gasteiger partial charge in [-0.25, -0.2) is 4.98 Å². The Labute approximate surface area is 166 Å². The van der Waals surface area contributed by atoms with Crippen molar-refractivity contribution in [1.82, 2.24) is 14.5 Å². The smallest absolute Gasteiger partial charge is 0.262 e. The molecule has 6 nitrogen and oxygen atoms in total. The molecule has 0 radical (unpaired) electrons. The largest absolute Gasteiger partial charge is 0.383 e. The summed E-state index contributed by atoms with van der Waals surface area (Å²) in [6, 6.07) is 5.44. The molecule has 0 aliphatic carbocycles. The molecule has 2 rings (SSSR count). The lowest BCUT2D eigenvalue weighted by Gasteiger charge is -2.24. The zero-order valence-corrected chi connectivity index (χ0v) is 18.1. The summed E-state index contributed by atoms with van der Waals surface area (Å²) < 4.78 is 7.57. The van der Waals surface area contributed by atoms with Crippen LogP contribution in [0.15, 0.2) is 32.6 Å². The fraction of sp³-hybridized carbons (Fsp3) is 0.500. The second kappa shape index (κ2) is 9.01. The molecular formula is C18H24BrN3O3S. The number of nitrogens with zero attached hydrogens (tertiary/aromatic N) is 3. The Balaban J connectivity index is 2.58. The van der Waals surface area contributed by atoms with E-state index in [4.69, 9.17) is 4.74 Å². The van der Waals surface area contributed by atoms with Crippen LogP contribution in [0.2, 0.25) is 0 Å². The Morgan fingerprint density at radius 2 is 2.08 bits per heavy atom. The van der Waals surface area contributed by atoms with Crippen molar-refractivity contribution in [2.75, 3.05) is 27.8 Å². The third-order valence-corrected chi connectivity index (χ3v) is 5.94. The maximum absolute atomic E-state index is 13.0. The van der Waals surface area contributed by atoms with Gasteiger partial charge in [-0.2, -0.15) is 0 Å². The molecule has 26 heavy (non-hydrogen) atoms. The van der Waals surface area contributed by atoms with Crippen molar-refractivity contribution in [3.8, 4) is 0 Å². The molecule has 1 amide bonds. The first-order chi connectivity index (χ1) is 12.3. The Morgan fingerprint density at radius 3 is 2.65 bits per heavy atom. The first-order valence-electron chi connectivity index (χ1n) is 8.33. The van der Waals surface area contributed by atoms with Crippen LogP contribution in [0.5, 0.6) is 0 Å². The molecule has 0 saturated carbocycles. The number of thioether (sulfide) groups is 1. The highest BCUT2D eigenvalue weighted by atomic mass is 79.9. The number of hydrogen-bond donors (Lipinski definition) is 0. The first-order valence-corrected chi connectivity index (χ1v) is 10.0. The first kappa shape index (κ1) is 20.9. The van der Waals surface area contributed by atoms with Crippen molar-refractivity contribution >= 4 is 44.5 Å². The minimum Gasteiger partial charge on any atom is -0.383 e. The summed E-state index contributed by atoms with van der Waals surface area (Å²) in [5.74, 6) is 0.108. The van der Waals surface area contributed by atoms with Gasteiger partial charge in [0.1, 0.15) is 0 Å². The van der Waals surface area contributed by atoms with Crippen molar-refractivity contribution < 1.29 is 9.53 Å². The van der Waals surface area contributed by atoms with E-state index in [-0.39, 0.29) is 22.6 Å². The molecule has 1 atom stereocenters. The zero-order chi connectivity index (χ0) is 19.4. The molecule has 1 heterocycles. The summed E-state index contributed by atoms with van der Waals surface area (Å²) in [7, 11) is 5.07. The normalized spacial score (nSPS) is 12.6. The van der Waals surface area contributed by atoms with Gasteiger partial charge in [0.05, 0.1) is 29.3 Å². The molecule has 0 spiro atoms. The summed E-state index contributed by atoms with van der Waals surface area (Å²) >= 11 is 4.74. The Hall–Kier alpha value is -1.38. The van der Waals surface area contributed by atoms with Gasteiger partial charge >= 0.3 is 0 Å². The van der Waals surface area contributed by atoms with E-state index in [0.717, 1.165) is 4.47 Å². The van der Waals surface area contributed by atoms with E-state index in [9.17, 15) is 9.59 Å². The summed E-state index contributed by atoms with van der Waals surface area (Å²) in [6.07, 6.45) is 0. The number of hydrogen-bond acceptors (Lipinski definition) is 5. The molecule has 1 aromatic carbocycles. The second-order valence-electron chi connectivity index (χ2n) is 6.52. The molecule has 8 heteroatoms. The van der Waals surface area contributed by atoms with E-state index >= 15 is 0 Å². The van der Waals surface area contributed by atoms with Gasteiger partial charge in [-0.1, -0.05) is 41.5 Å². The second-order valence-corrected chi connectivity index (χ2v) is 8.54. The van der Waals surface area contributed by atoms with Crippen LogP contribution in [0.3, 0.4) is 0 Å². The lowest BCUT2D eigenvalue weighted by atomic mass is 10.1. The van der Waals surface area contributed by atoms with Crippen LogP contribution in [0.25, 0.3) is 10.9 Å². The van der Waals surface area contributed by atoms with Gasteiger partial charge in [0.15, 0.2) is 5.16 Å². The number of benzene rings is 1. The van der Waals surface area contributed by atoms with E-state index in [0.29, 0.717) is 29.2 Å². The standard InChI is InChI=1S/C18H24BrN3O3S/c1-11(2)15(17(24)21(3)4)26-18-20-14-7-6-12(19)10-13(14)16(23)22(18)8-9-25-5/h6-7,10-11,15H,8-9H2,1-5H3. The minimum atomic E-state index is -0.321. The maximum Gasteiger partial charge on any atom is 0.262 e. The van der Waals surface area contributed by atoms with Gasteiger partial charge in [-0.15, -0.1) is 0 Å². The van der Waals surface area contributed by atoms with Crippen molar-refractivity contribution in [2.45, 2.75) is 30.8 Å². The molecule has 1 unspecified atom stereocenters. The summed E-state index contributed by atoms with van der Waals surface area (Å²) in [4.78, 5) is 31.8. The zero-order valence-electron chi connectivity index (χ0n) is 15.7. The molecule has 0 fully saturated rings. The van der Waals surface area contributed by atoms with Crippen molar-refractivity contribution in [2.24, 2.45) is 5.92 Å². The molecular weight excluding hydrogens is 418 g/mol. The van der Waals surface area contributed by atoms with Gasteiger partial charge in [0.25, 0.3) is 5.56 Å². The van der Waals surface area contributed by atoms with E-state index in [1.165, 1.54) is 11.8 Å². The summed E-state index contributed by atoms with van der Waals surface area (Å²) in [5.41, 5.74) is 0.491. The molecule has 0 aliphatic heterocycles. The van der Waals surface area contributed by atoms with E-state index < -0.39 is 0 Å². The summed E-state index contributed by atoms with van der Waals surface area (Å²) in [5, 5.41) is 0.759. The summed E-state index contributed by atoms with van der Waals surface area (Å²) in [6.45, 7) is 4.76. The van der Waals surface area contributed by atoms with Crippen molar-refractivity contribution in [1.29, 1.82) is 0 Å². The van der Waals surface area contributed by atoms with Crippen molar-refractivity contribution in [3.63, 3.8) is 0 Å². The Bertz CT molecular complexity index is 851. The molecule has 0 saturated heterocycles. The molecule has 142 valence electrons. The van der Waals surface area contributed by atoms with Crippen LogP contribution >= 0.6 is 27.7 Å². The molecule has 0 aliphatic rings. The quantitative estimate of drug-likeness (QED) is 0.487. The van der Waals surface area contributed by atoms with Crippen LogP contribution in [0, 0.1) is 5.92 Å². The highest BCUT2D eigenvalue weighted by molar-refractivity contribution is 9.10. The van der Waals surface area contributed by atoms with Gasteiger partial charge in [0.2, 0.25) is 5.91 Å². The number of carbonyl (C=O) groups excluding carboxylic acids is 1. The lowest BCUT2D eigenvalue weighted by molar-refractivity contribution is -0.128. The number of rotatable bonds is 7. The van der Waals surface area contributed by atoms with E-state index in [1.54, 1.807) is 36.7 Å². The number of carbonyl (C=O) groups is 1. The number of methoxy groups -OCH3 is 1.